The fourth-order valence-electron chi connectivity index (χ4n) is 3.09. The molecule has 1 aliphatic rings. The number of aliphatic imine (C=N–C) groups is 1. The molecule has 0 aliphatic carbocycles. The fourth-order valence-corrected chi connectivity index (χ4v) is 4.19. The first-order chi connectivity index (χ1) is 12.0. The van der Waals surface area contributed by atoms with Crippen LogP contribution in [0.3, 0.4) is 0 Å². The van der Waals surface area contributed by atoms with Crippen LogP contribution in [-0.4, -0.2) is 17.6 Å². The first kappa shape index (κ1) is 16.0. The van der Waals surface area contributed by atoms with Gasteiger partial charge in [0.1, 0.15) is 0 Å². The van der Waals surface area contributed by atoms with Gasteiger partial charge in [-0.2, -0.15) is 0 Å². The summed E-state index contributed by atoms with van der Waals surface area (Å²) in [5, 5.41) is 0. The average molecular weight is 352 g/mol. The summed E-state index contributed by atoms with van der Waals surface area (Å²) in [6.07, 6.45) is 3.70. The maximum Gasteiger partial charge on any atom is 0.678 e. The Morgan fingerprint density at radius 2 is 1.88 bits per heavy atom. The number of benzene rings is 1. The van der Waals surface area contributed by atoms with Crippen molar-refractivity contribution in [2.45, 2.75) is 13.8 Å². The third kappa shape index (κ3) is 2.87. The Bertz CT molecular complexity index is 1040. The molecule has 2 aromatic heterocycles. The number of nitrogens with zero attached hydrogens (tertiary/aromatic N) is 2. The van der Waals surface area contributed by atoms with Crippen LogP contribution in [0.25, 0.3) is 26.7 Å². The quantitative estimate of drug-likeness (QED) is 0.522. The molecule has 124 valence electrons. The van der Waals surface area contributed by atoms with Crippen LogP contribution in [0.1, 0.15) is 19.5 Å². The summed E-state index contributed by atoms with van der Waals surface area (Å²) in [6.45, 7) is 3.85. The molecule has 25 heavy (non-hydrogen) atoms. The smallest absolute Gasteiger partial charge is 0.324 e. The zero-order chi connectivity index (χ0) is 17.6. The standard InChI is InChI=1S/C19H15BF2N2S/c1-12-8-13(2)23-16(12)9-15-10-19-17(24(15)20(21)22)11-18(25-19)14-6-4-3-5-7-14/h3-11H,1-2H3/b16-9+. The molecule has 1 aliphatic heterocycles. The molecular formula is C19H15BF2N2S. The number of aromatic nitrogens is 1. The highest BCUT2D eigenvalue weighted by atomic mass is 32.1. The van der Waals surface area contributed by atoms with Crippen molar-refractivity contribution in [2.75, 3.05) is 0 Å². The minimum Gasteiger partial charge on any atom is -0.324 e. The molecule has 3 heterocycles. The van der Waals surface area contributed by atoms with E-state index in [-0.39, 0.29) is 0 Å². The highest BCUT2D eigenvalue weighted by molar-refractivity contribution is 7.22. The third-order valence-electron chi connectivity index (χ3n) is 4.22. The van der Waals surface area contributed by atoms with Gasteiger partial charge in [0, 0.05) is 16.3 Å². The lowest BCUT2D eigenvalue weighted by molar-refractivity contribution is 0.633. The van der Waals surface area contributed by atoms with E-state index >= 15 is 0 Å². The summed E-state index contributed by atoms with van der Waals surface area (Å²) >= 11 is 1.53. The van der Waals surface area contributed by atoms with Gasteiger partial charge in [0.15, 0.2) is 0 Å². The van der Waals surface area contributed by atoms with E-state index < -0.39 is 7.40 Å². The highest BCUT2D eigenvalue weighted by Gasteiger charge is 2.25. The van der Waals surface area contributed by atoms with Crippen molar-refractivity contribution >= 4 is 40.7 Å². The van der Waals surface area contributed by atoms with Crippen LogP contribution in [-0.2, 0) is 0 Å². The van der Waals surface area contributed by atoms with Gasteiger partial charge in [0.05, 0.1) is 15.9 Å². The second kappa shape index (κ2) is 6.12. The Kier molecular flexibility index (Phi) is 3.92. The number of fused-ring (bicyclic) bond motifs is 1. The molecule has 0 spiro atoms. The van der Waals surface area contributed by atoms with Crippen LogP contribution in [0.4, 0.5) is 8.63 Å². The molecule has 4 rings (SSSR count). The lowest BCUT2D eigenvalue weighted by Crippen LogP contribution is -2.13. The molecule has 0 saturated carbocycles. The van der Waals surface area contributed by atoms with E-state index in [0.717, 1.165) is 36.6 Å². The molecule has 0 saturated heterocycles. The number of rotatable bonds is 3. The maximum absolute atomic E-state index is 13.7. The van der Waals surface area contributed by atoms with Crippen LogP contribution < -0.4 is 0 Å². The minimum atomic E-state index is -2.60. The zero-order valence-electron chi connectivity index (χ0n) is 13.8. The molecular weight excluding hydrogens is 337 g/mol. The predicted octanol–water partition coefficient (Wildman–Crippen LogP) is 5.90. The van der Waals surface area contributed by atoms with Gasteiger partial charge in [0.25, 0.3) is 0 Å². The fraction of sp³-hybridized carbons (Fsp3) is 0.105. The van der Waals surface area contributed by atoms with E-state index in [1.54, 1.807) is 6.08 Å². The van der Waals surface area contributed by atoms with E-state index in [4.69, 9.17) is 0 Å². The Morgan fingerprint density at radius 1 is 1.12 bits per heavy atom. The van der Waals surface area contributed by atoms with Crippen molar-refractivity contribution < 1.29 is 8.63 Å². The normalized spacial score (nSPS) is 15.8. The Morgan fingerprint density at radius 3 is 2.52 bits per heavy atom. The second-order valence-electron chi connectivity index (χ2n) is 6.05. The van der Waals surface area contributed by atoms with E-state index in [2.05, 4.69) is 4.99 Å². The van der Waals surface area contributed by atoms with Gasteiger partial charge in [-0.25, -0.2) is 0 Å². The number of thiophene rings is 1. The molecule has 0 N–H and O–H groups in total. The largest absolute Gasteiger partial charge is 0.678 e. The number of hydrogen-bond donors (Lipinski definition) is 0. The second-order valence-corrected chi connectivity index (χ2v) is 7.14. The molecule has 0 unspecified atom stereocenters. The molecule has 0 fully saturated rings. The van der Waals surface area contributed by atoms with E-state index in [0.29, 0.717) is 11.2 Å². The SMILES string of the molecule is CC1=CC(C)=N/C1=C/c1cc2sc(-c3ccccc3)cc2n1B(F)F. The Hall–Kier alpha value is -2.47. The summed E-state index contributed by atoms with van der Waals surface area (Å²) in [6, 6.07) is 13.5. The number of allylic oxidation sites excluding steroid dienone is 2. The van der Waals surface area contributed by atoms with Crippen LogP contribution in [0.2, 0.25) is 0 Å². The average Bonchev–Trinajstić information content (AvgIpc) is 3.20. The maximum atomic E-state index is 13.7. The summed E-state index contributed by atoms with van der Waals surface area (Å²) in [4.78, 5) is 5.41. The molecule has 0 bridgehead atoms. The van der Waals surface area contributed by atoms with Crippen LogP contribution >= 0.6 is 11.3 Å². The van der Waals surface area contributed by atoms with Crippen LogP contribution in [0.15, 0.2) is 64.8 Å². The molecule has 2 nitrogen and oxygen atoms in total. The van der Waals surface area contributed by atoms with Crippen molar-refractivity contribution in [3.63, 3.8) is 0 Å². The first-order valence-corrected chi connectivity index (χ1v) is 8.78. The molecule has 3 aromatic rings. The summed E-state index contributed by atoms with van der Waals surface area (Å²) in [7, 11) is -2.60. The van der Waals surface area contributed by atoms with Crippen LogP contribution in [0, 0.1) is 0 Å². The number of hydrogen-bond acceptors (Lipinski definition) is 2. The third-order valence-corrected chi connectivity index (χ3v) is 5.34. The summed E-state index contributed by atoms with van der Waals surface area (Å²) < 4.78 is 29.4. The van der Waals surface area contributed by atoms with Crippen molar-refractivity contribution in [2.24, 2.45) is 4.99 Å². The van der Waals surface area contributed by atoms with E-state index in [1.165, 1.54) is 11.3 Å². The molecule has 0 amide bonds. The minimum absolute atomic E-state index is 0.483. The number of halogens is 2. The summed E-state index contributed by atoms with van der Waals surface area (Å²) in [5.74, 6) is 0. The van der Waals surface area contributed by atoms with Gasteiger partial charge in [-0.05, 0) is 49.3 Å². The van der Waals surface area contributed by atoms with Crippen molar-refractivity contribution in [3.8, 4) is 10.4 Å². The van der Waals surface area contributed by atoms with Crippen molar-refractivity contribution in [1.82, 2.24) is 4.48 Å². The van der Waals surface area contributed by atoms with Gasteiger partial charge >= 0.3 is 7.40 Å². The van der Waals surface area contributed by atoms with Gasteiger partial charge in [-0.15, -0.1) is 11.3 Å². The molecule has 6 heteroatoms. The lowest BCUT2D eigenvalue weighted by atomic mass is 10.1. The van der Waals surface area contributed by atoms with Crippen molar-refractivity contribution in [1.29, 1.82) is 0 Å². The molecule has 0 radical (unpaired) electrons. The lowest BCUT2D eigenvalue weighted by Gasteiger charge is -2.04. The van der Waals surface area contributed by atoms with E-state index in [9.17, 15) is 8.63 Å². The predicted molar refractivity (Wildman–Crippen MR) is 103 cm³/mol. The van der Waals surface area contributed by atoms with Gasteiger partial charge in [-0.3, -0.25) is 13.6 Å². The topological polar surface area (TPSA) is 17.3 Å². The highest BCUT2D eigenvalue weighted by Crippen LogP contribution is 2.37. The first-order valence-electron chi connectivity index (χ1n) is 7.97. The van der Waals surface area contributed by atoms with Crippen LogP contribution in [0.5, 0.6) is 0 Å². The Balaban J connectivity index is 1.84. The van der Waals surface area contributed by atoms with Gasteiger partial charge in [-0.1, -0.05) is 30.3 Å². The monoisotopic (exact) mass is 352 g/mol. The molecule has 0 atom stereocenters. The van der Waals surface area contributed by atoms with E-state index in [1.807, 2.05) is 62.4 Å². The van der Waals surface area contributed by atoms with Gasteiger partial charge < -0.3 is 4.48 Å². The van der Waals surface area contributed by atoms with Crippen molar-refractivity contribution in [3.05, 3.63) is 65.5 Å². The molecule has 1 aromatic carbocycles. The summed E-state index contributed by atoms with van der Waals surface area (Å²) in [5.41, 5.74) is 4.72. The van der Waals surface area contributed by atoms with Gasteiger partial charge in [0.2, 0.25) is 0 Å². The zero-order valence-corrected chi connectivity index (χ0v) is 14.6. The Labute approximate surface area is 149 Å².